The van der Waals surface area contributed by atoms with Crippen LogP contribution in [0.4, 0.5) is 0 Å². The van der Waals surface area contributed by atoms with Gasteiger partial charge in [-0.2, -0.15) is 0 Å². The van der Waals surface area contributed by atoms with Gasteiger partial charge >= 0.3 is 0 Å². The average molecular weight is 375 g/mol. The Bertz CT molecular complexity index is 555. The third-order valence-corrected chi connectivity index (χ3v) is 12.3. The van der Waals surface area contributed by atoms with E-state index < -0.39 is 8.24 Å². The van der Waals surface area contributed by atoms with Crippen LogP contribution in [0.25, 0.3) is 0 Å². The number of allylic oxidation sites excluding steroid dienone is 4. The first-order valence-electron chi connectivity index (χ1n) is 11.2. The maximum Gasteiger partial charge on any atom is 0.126 e. The van der Waals surface area contributed by atoms with Gasteiger partial charge in [-0.3, -0.25) is 0 Å². The van der Waals surface area contributed by atoms with Crippen molar-refractivity contribution in [3.63, 3.8) is 0 Å². The second kappa shape index (κ2) is 7.93. The van der Waals surface area contributed by atoms with Crippen LogP contribution in [0.1, 0.15) is 47.5 Å². The number of nitrogens with one attached hydrogen (secondary N) is 1. The van der Waals surface area contributed by atoms with Gasteiger partial charge in [0.2, 0.25) is 0 Å². The fourth-order valence-electron chi connectivity index (χ4n) is 6.22. The van der Waals surface area contributed by atoms with E-state index in [1.165, 1.54) is 39.0 Å². The zero-order valence-electron chi connectivity index (χ0n) is 18.3. The van der Waals surface area contributed by atoms with Crippen LogP contribution >= 0.6 is 0 Å². The summed E-state index contributed by atoms with van der Waals surface area (Å²) in [4.78, 5) is 0. The molecule has 3 heteroatoms. The lowest BCUT2D eigenvalue weighted by molar-refractivity contribution is 0.336. The minimum Gasteiger partial charge on any atom is -0.321 e. The second-order valence-corrected chi connectivity index (χ2v) is 14.7. The summed E-state index contributed by atoms with van der Waals surface area (Å²) in [5, 5.41) is 3.56. The first kappa shape index (κ1) is 20.4. The smallest absolute Gasteiger partial charge is 0.126 e. The van der Waals surface area contributed by atoms with Crippen molar-refractivity contribution in [2.24, 2.45) is 29.6 Å². The molecule has 0 radical (unpaired) electrons. The molecule has 4 atom stereocenters. The van der Waals surface area contributed by atoms with Gasteiger partial charge in [-0.25, -0.2) is 0 Å². The molecular formula is C23H42N2Si. The Hall–Kier alpha value is -0.383. The van der Waals surface area contributed by atoms with Crippen molar-refractivity contribution >= 4 is 8.24 Å². The molecule has 148 valence electrons. The summed E-state index contributed by atoms with van der Waals surface area (Å²) in [6.07, 6.45) is 8.11. The number of piperazine rings is 1. The minimum atomic E-state index is -1.47. The van der Waals surface area contributed by atoms with Crippen molar-refractivity contribution in [2.45, 2.75) is 66.1 Å². The van der Waals surface area contributed by atoms with Gasteiger partial charge in [0.05, 0.1) is 0 Å². The molecule has 2 fully saturated rings. The zero-order valence-corrected chi connectivity index (χ0v) is 19.3. The van der Waals surface area contributed by atoms with Gasteiger partial charge in [-0.15, -0.1) is 0 Å². The van der Waals surface area contributed by atoms with E-state index in [1.807, 2.05) is 0 Å². The highest BCUT2D eigenvalue weighted by atomic mass is 28.3. The topological polar surface area (TPSA) is 15.3 Å². The molecule has 2 nitrogen and oxygen atoms in total. The molecule has 1 heterocycles. The van der Waals surface area contributed by atoms with Gasteiger partial charge in [0.15, 0.2) is 0 Å². The van der Waals surface area contributed by atoms with Crippen LogP contribution in [0, 0.1) is 29.6 Å². The third kappa shape index (κ3) is 3.64. The molecule has 1 saturated carbocycles. The molecule has 0 aromatic carbocycles. The first-order valence-corrected chi connectivity index (χ1v) is 14.2. The Morgan fingerprint density at radius 2 is 1.77 bits per heavy atom. The summed E-state index contributed by atoms with van der Waals surface area (Å²) in [7, 11) is -1.47. The predicted molar refractivity (Wildman–Crippen MR) is 117 cm³/mol. The first-order chi connectivity index (χ1) is 12.3. The van der Waals surface area contributed by atoms with E-state index in [0.717, 1.165) is 23.3 Å². The van der Waals surface area contributed by atoms with Crippen LogP contribution in [-0.4, -0.2) is 39.0 Å². The van der Waals surface area contributed by atoms with Gasteiger partial charge in [0, 0.05) is 26.2 Å². The minimum absolute atomic E-state index is 0.648. The van der Waals surface area contributed by atoms with Crippen molar-refractivity contribution in [1.82, 2.24) is 9.88 Å². The lowest BCUT2D eigenvalue weighted by atomic mass is 9.76. The number of nitrogens with zero attached hydrogens (tertiary/aromatic N) is 1. The van der Waals surface area contributed by atoms with Crippen molar-refractivity contribution in [1.29, 1.82) is 0 Å². The van der Waals surface area contributed by atoms with Gasteiger partial charge in [-0.05, 0) is 47.1 Å². The molecule has 1 aliphatic heterocycles. The van der Waals surface area contributed by atoms with Gasteiger partial charge < -0.3 is 9.88 Å². The molecule has 0 aromatic heterocycles. The fraction of sp³-hybridized carbons (Fsp3) is 0.826. The highest BCUT2D eigenvalue weighted by Crippen LogP contribution is 2.58. The van der Waals surface area contributed by atoms with E-state index in [9.17, 15) is 0 Å². The molecule has 0 bridgehead atoms. The lowest BCUT2D eigenvalue weighted by Gasteiger charge is -2.47. The Morgan fingerprint density at radius 1 is 1.12 bits per heavy atom. The maximum absolute atomic E-state index is 3.56. The predicted octanol–water partition coefficient (Wildman–Crippen LogP) is 5.31. The van der Waals surface area contributed by atoms with Gasteiger partial charge in [0.25, 0.3) is 0 Å². The van der Waals surface area contributed by atoms with Crippen LogP contribution in [0.15, 0.2) is 23.3 Å². The van der Waals surface area contributed by atoms with Crippen LogP contribution < -0.4 is 5.32 Å². The van der Waals surface area contributed by atoms with Crippen molar-refractivity contribution in [3.05, 3.63) is 23.3 Å². The Balaban J connectivity index is 1.98. The largest absolute Gasteiger partial charge is 0.321 e. The normalized spacial score (nSPS) is 33.4. The van der Waals surface area contributed by atoms with Crippen LogP contribution in [0.5, 0.6) is 0 Å². The molecule has 26 heavy (non-hydrogen) atoms. The third-order valence-electron chi connectivity index (χ3n) is 7.70. The monoisotopic (exact) mass is 374 g/mol. The standard InChI is InChI=1S/C23H42N2Si/c1-8-18-13-21-20(17(4)5)14-19(16(2)3)15-22(21)23(18)26(6,7)25-11-9-24-10-12-25/h14-18,21-24H,8-13H2,1-7H3. The summed E-state index contributed by atoms with van der Waals surface area (Å²) in [6, 6.07) is 0. The molecule has 3 rings (SSSR count). The maximum atomic E-state index is 3.56. The van der Waals surface area contributed by atoms with E-state index in [-0.39, 0.29) is 0 Å². The van der Waals surface area contributed by atoms with E-state index in [1.54, 1.807) is 11.1 Å². The van der Waals surface area contributed by atoms with Crippen LogP contribution in [-0.2, 0) is 0 Å². The molecule has 0 aromatic rings. The summed E-state index contributed by atoms with van der Waals surface area (Å²) < 4.78 is 2.93. The molecular weight excluding hydrogens is 332 g/mol. The molecule has 0 spiro atoms. The zero-order chi connectivity index (χ0) is 19.1. The average Bonchev–Trinajstić information content (AvgIpc) is 3.00. The van der Waals surface area contributed by atoms with Crippen molar-refractivity contribution in [3.8, 4) is 0 Å². The molecule has 0 amide bonds. The molecule has 1 saturated heterocycles. The SMILES string of the molecule is CCC1CC2C(C(C)C)=CC(C(C)C)=CC2C1[Si](C)(C)N1CCNCC1. The Morgan fingerprint density at radius 3 is 2.31 bits per heavy atom. The summed E-state index contributed by atoms with van der Waals surface area (Å²) >= 11 is 0. The Kier molecular flexibility index (Phi) is 6.21. The molecule has 3 aliphatic rings. The summed E-state index contributed by atoms with van der Waals surface area (Å²) in [5.41, 5.74) is 4.28. The van der Waals surface area contributed by atoms with E-state index in [4.69, 9.17) is 0 Å². The van der Waals surface area contributed by atoms with Crippen LogP contribution in [0.3, 0.4) is 0 Å². The van der Waals surface area contributed by atoms with Gasteiger partial charge in [-0.1, -0.05) is 71.9 Å². The fourth-order valence-corrected chi connectivity index (χ4v) is 10.8. The highest BCUT2D eigenvalue weighted by molar-refractivity contribution is 6.76. The Labute approximate surface area is 163 Å². The van der Waals surface area contributed by atoms with E-state index in [0.29, 0.717) is 11.8 Å². The van der Waals surface area contributed by atoms with Crippen molar-refractivity contribution < 1.29 is 0 Å². The molecule has 4 unspecified atom stereocenters. The molecule has 1 N–H and O–H groups in total. The van der Waals surface area contributed by atoms with Crippen LogP contribution in [0.2, 0.25) is 18.6 Å². The number of hydrogen-bond acceptors (Lipinski definition) is 2. The molecule has 2 aliphatic carbocycles. The van der Waals surface area contributed by atoms with Crippen molar-refractivity contribution in [2.75, 3.05) is 26.2 Å². The lowest BCUT2D eigenvalue weighted by Crippen LogP contribution is -2.60. The number of hydrogen-bond donors (Lipinski definition) is 1. The number of fused-ring (bicyclic) bond motifs is 1. The van der Waals surface area contributed by atoms with Gasteiger partial charge in [0.1, 0.15) is 8.24 Å². The quantitative estimate of drug-likeness (QED) is 0.656. The summed E-state index contributed by atoms with van der Waals surface area (Å²) in [5.74, 6) is 3.84. The second-order valence-electron chi connectivity index (χ2n) is 10.1. The number of rotatable bonds is 5. The van der Waals surface area contributed by atoms with E-state index in [2.05, 4.69) is 69.7 Å². The highest BCUT2D eigenvalue weighted by Gasteiger charge is 2.53. The van der Waals surface area contributed by atoms with E-state index >= 15 is 0 Å². The summed E-state index contributed by atoms with van der Waals surface area (Å²) in [6.45, 7) is 22.3.